The zero-order valence-electron chi connectivity index (χ0n) is 11.1. The molecule has 0 aliphatic heterocycles. The van der Waals surface area contributed by atoms with Gasteiger partial charge in [-0.15, -0.1) is 0 Å². The number of nitrogens with zero attached hydrogens (tertiary/aromatic N) is 2. The summed E-state index contributed by atoms with van der Waals surface area (Å²) in [4.78, 5) is 16.2. The Morgan fingerprint density at radius 3 is 2.83 bits per heavy atom. The molecule has 0 radical (unpaired) electrons. The second-order valence-electron chi connectivity index (χ2n) is 4.51. The summed E-state index contributed by atoms with van der Waals surface area (Å²) in [5.74, 6) is 0.915. The van der Waals surface area contributed by atoms with Crippen LogP contribution in [0, 0.1) is 0 Å². The lowest BCUT2D eigenvalue weighted by atomic mass is 10.2. The first-order chi connectivity index (χ1) is 8.65. The Labute approximate surface area is 107 Å². The second-order valence-corrected chi connectivity index (χ2v) is 4.51. The van der Waals surface area contributed by atoms with Crippen molar-refractivity contribution in [2.75, 3.05) is 11.9 Å². The number of hydrogen-bond acceptors (Lipinski definition) is 3. The number of ketones is 1. The first-order valence-electron chi connectivity index (χ1n) is 6.36. The standard InChI is InChI=1S/C14H19N3O/c1-4-9-15-14-16-12-7-5-6-8-13(12)17(14)10(2)11(3)18/h5-8,10H,4,9H2,1-3H3,(H,15,16). The summed E-state index contributed by atoms with van der Waals surface area (Å²) in [5.41, 5.74) is 1.92. The van der Waals surface area contributed by atoms with Crippen molar-refractivity contribution in [2.45, 2.75) is 33.2 Å². The zero-order valence-corrected chi connectivity index (χ0v) is 11.1. The average Bonchev–Trinajstić information content (AvgIpc) is 2.73. The number of Topliss-reactive ketones (excluding diaryl/α,β-unsaturated/α-hetero) is 1. The molecule has 4 heteroatoms. The number of carbonyl (C=O) groups is 1. The minimum atomic E-state index is -0.197. The zero-order chi connectivity index (χ0) is 13.1. The number of fused-ring (bicyclic) bond motifs is 1. The lowest BCUT2D eigenvalue weighted by Gasteiger charge is -2.15. The lowest BCUT2D eigenvalue weighted by Crippen LogP contribution is -2.17. The quantitative estimate of drug-likeness (QED) is 0.880. The van der Waals surface area contributed by atoms with Gasteiger partial charge in [0.15, 0.2) is 5.78 Å². The molecule has 1 aromatic carbocycles. The van der Waals surface area contributed by atoms with Gasteiger partial charge in [-0.05, 0) is 32.4 Å². The van der Waals surface area contributed by atoms with Crippen molar-refractivity contribution < 1.29 is 4.79 Å². The Kier molecular flexibility index (Phi) is 3.65. The molecular formula is C14H19N3O. The fraction of sp³-hybridized carbons (Fsp3) is 0.429. The number of aromatic nitrogens is 2. The van der Waals surface area contributed by atoms with Gasteiger partial charge >= 0.3 is 0 Å². The molecule has 1 aromatic heterocycles. The van der Waals surface area contributed by atoms with E-state index in [2.05, 4.69) is 17.2 Å². The van der Waals surface area contributed by atoms with Crippen LogP contribution in [0.5, 0.6) is 0 Å². The van der Waals surface area contributed by atoms with Crippen molar-refractivity contribution in [3.05, 3.63) is 24.3 Å². The average molecular weight is 245 g/mol. The number of rotatable bonds is 5. The summed E-state index contributed by atoms with van der Waals surface area (Å²) < 4.78 is 1.98. The molecule has 0 spiro atoms. The van der Waals surface area contributed by atoms with Crippen LogP contribution in [0.3, 0.4) is 0 Å². The first-order valence-corrected chi connectivity index (χ1v) is 6.36. The third-order valence-electron chi connectivity index (χ3n) is 3.10. The van der Waals surface area contributed by atoms with Crippen LogP contribution in [0.1, 0.15) is 33.2 Å². The van der Waals surface area contributed by atoms with Gasteiger partial charge in [0.25, 0.3) is 0 Å². The molecule has 18 heavy (non-hydrogen) atoms. The lowest BCUT2D eigenvalue weighted by molar-refractivity contribution is -0.119. The molecule has 96 valence electrons. The summed E-state index contributed by atoms with van der Waals surface area (Å²) >= 11 is 0. The Morgan fingerprint density at radius 1 is 1.44 bits per heavy atom. The fourth-order valence-corrected chi connectivity index (χ4v) is 1.98. The minimum absolute atomic E-state index is 0.137. The maximum Gasteiger partial charge on any atom is 0.204 e. The highest BCUT2D eigenvalue weighted by Crippen LogP contribution is 2.24. The maximum absolute atomic E-state index is 11.6. The smallest absolute Gasteiger partial charge is 0.204 e. The monoisotopic (exact) mass is 245 g/mol. The van der Waals surface area contributed by atoms with E-state index in [9.17, 15) is 4.79 Å². The number of benzene rings is 1. The second kappa shape index (κ2) is 5.21. The van der Waals surface area contributed by atoms with Gasteiger partial charge in [-0.2, -0.15) is 0 Å². The van der Waals surface area contributed by atoms with Crippen molar-refractivity contribution in [1.29, 1.82) is 0 Å². The van der Waals surface area contributed by atoms with Crippen LogP contribution >= 0.6 is 0 Å². The highest BCUT2D eigenvalue weighted by Gasteiger charge is 2.18. The molecule has 0 aliphatic carbocycles. The van der Waals surface area contributed by atoms with E-state index < -0.39 is 0 Å². The van der Waals surface area contributed by atoms with Gasteiger partial charge in [-0.25, -0.2) is 4.98 Å². The highest BCUT2D eigenvalue weighted by atomic mass is 16.1. The minimum Gasteiger partial charge on any atom is -0.356 e. The molecule has 1 N–H and O–H groups in total. The van der Waals surface area contributed by atoms with Crippen LogP contribution in [0.25, 0.3) is 11.0 Å². The molecule has 0 aliphatic rings. The normalized spacial score (nSPS) is 12.6. The SMILES string of the molecule is CCCNc1nc2ccccc2n1C(C)C(C)=O. The molecule has 0 fully saturated rings. The van der Waals surface area contributed by atoms with E-state index in [1.54, 1.807) is 6.92 Å². The van der Waals surface area contributed by atoms with E-state index in [4.69, 9.17) is 0 Å². The van der Waals surface area contributed by atoms with Crippen molar-refractivity contribution >= 4 is 22.8 Å². The van der Waals surface area contributed by atoms with Gasteiger partial charge < -0.3 is 9.88 Å². The van der Waals surface area contributed by atoms with Gasteiger partial charge in [0, 0.05) is 6.54 Å². The molecule has 1 atom stereocenters. The van der Waals surface area contributed by atoms with Gasteiger partial charge in [0.05, 0.1) is 17.1 Å². The van der Waals surface area contributed by atoms with Gasteiger partial charge in [-0.3, -0.25) is 4.79 Å². The number of hydrogen-bond donors (Lipinski definition) is 1. The molecule has 1 unspecified atom stereocenters. The van der Waals surface area contributed by atoms with Crippen LogP contribution in [0.4, 0.5) is 5.95 Å². The van der Waals surface area contributed by atoms with E-state index in [0.29, 0.717) is 0 Å². The Balaban J connectivity index is 2.53. The summed E-state index contributed by atoms with van der Waals surface area (Å²) in [7, 11) is 0. The topological polar surface area (TPSA) is 46.9 Å². The van der Waals surface area contributed by atoms with E-state index in [1.165, 1.54) is 0 Å². The number of anilines is 1. The summed E-state index contributed by atoms with van der Waals surface area (Å²) in [5, 5.41) is 3.29. The van der Waals surface area contributed by atoms with Crippen LogP contribution in [-0.4, -0.2) is 21.9 Å². The molecule has 0 bridgehead atoms. The van der Waals surface area contributed by atoms with Gasteiger partial charge in [-0.1, -0.05) is 19.1 Å². The summed E-state index contributed by atoms with van der Waals surface area (Å²) in [6, 6.07) is 7.70. The van der Waals surface area contributed by atoms with Crippen molar-refractivity contribution in [2.24, 2.45) is 0 Å². The third-order valence-corrected chi connectivity index (χ3v) is 3.10. The van der Waals surface area contributed by atoms with E-state index in [1.807, 2.05) is 35.8 Å². The Hall–Kier alpha value is -1.84. The number of nitrogens with one attached hydrogen (secondary N) is 1. The van der Waals surface area contributed by atoms with Crippen LogP contribution in [0.15, 0.2) is 24.3 Å². The van der Waals surface area contributed by atoms with Crippen molar-refractivity contribution in [1.82, 2.24) is 9.55 Å². The molecule has 0 saturated carbocycles. The van der Waals surface area contributed by atoms with Crippen LogP contribution in [-0.2, 0) is 4.79 Å². The highest BCUT2D eigenvalue weighted by molar-refractivity contribution is 5.85. The van der Waals surface area contributed by atoms with Gasteiger partial charge in [0.2, 0.25) is 5.95 Å². The number of carbonyl (C=O) groups excluding carboxylic acids is 1. The predicted octanol–water partition coefficient (Wildman–Crippen LogP) is 3.01. The third kappa shape index (κ3) is 2.23. The largest absolute Gasteiger partial charge is 0.356 e. The fourth-order valence-electron chi connectivity index (χ4n) is 1.98. The van der Waals surface area contributed by atoms with E-state index in [-0.39, 0.29) is 11.8 Å². The predicted molar refractivity (Wildman–Crippen MR) is 73.9 cm³/mol. The van der Waals surface area contributed by atoms with Gasteiger partial charge in [0.1, 0.15) is 0 Å². The van der Waals surface area contributed by atoms with E-state index in [0.717, 1.165) is 29.9 Å². The number of para-hydroxylation sites is 2. The van der Waals surface area contributed by atoms with Crippen molar-refractivity contribution in [3.63, 3.8) is 0 Å². The Morgan fingerprint density at radius 2 is 2.17 bits per heavy atom. The summed E-state index contributed by atoms with van der Waals surface area (Å²) in [6.07, 6.45) is 1.03. The molecule has 1 heterocycles. The molecular weight excluding hydrogens is 226 g/mol. The molecule has 0 amide bonds. The summed E-state index contributed by atoms with van der Waals surface area (Å²) in [6.45, 7) is 6.49. The Bertz CT molecular complexity index is 559. The van der Waals surface area contributed by atoms with Crippen LogP contribution < -0.4 is 5.32 Å². The first kappa shape index (κ1) is 12.6. The molecule has 2 rings (SSSR count). The van der Waals surface area contributed by atoms with Crippen LogP contribution in [0.2, 0.25) is 0 Å². The van der Waals surface area contributed by atoms with E-state index >= 15 is 0 Å². The molecule has 4 nitrogen and oxygen atoms in total. The molecule has 2 aromatic rings. The maximum atomic E-state index is 11.6. The van der Waals surface area contributed by atoms with Crippen molar-refractivity contribution in [3.8, 4) is 0 Å². The molecule has 0 saturated heterocycles. The number of imidazole rings is 1.